The number of aliphatic hydroxyl groups excluding tert-OH is 1. The summed E-state index contributed by atoms with van der Waals surface area (Å²) in [6.07, 6.45) is 3.75. The molecule has 0 saturated heterocycles. The summed E-state index contributed by atoms with van der Waals surface area (Å²) in [5.74, 6) is -0.541. The second-order valence-electron chi connectivity index (χ2n) is 3.85. The van der Waals surface area contributed by atoms with Gasteiger partial charge in [0.25, 0.3) is 0 Å². The van der Waals surface area contributed by atoms with E-state index in [0.29, 0.717) is 12.3 Å². The van der Waals surface area contributed by atoms with Crippen LogP contribution in [0.1, 0.15) is 32.1 Å². The first-order chi connectivity index (χ1) is 6.09. The summed E-state index contributed by atoms with van der Waals surface area (Å²) < 4.78 is 0. The van der Waals surface area contributed by atoms with E-state index in [1.807, 2.05) is 0 Å². The van der Waals surface area contributed by atoms with Crippen molar-refractivity contribution < 1.29 is 15.0 Å². The number of carboxylic acids is 1. The Bertz CT molecular complexity index is 176. The Labute approximate surface area is 77.7 Å². The lowest BCUT2D eigenvalue weighted by atomic mass is 9.83. The van der Waals surface area contributed by atoms with Gasteiger partial charge in [-0.2, -0.15) is 0 Å². The summed E-state index contributed by atoms with van der Waals surface area (Å²) in [5.41, 5.74) is 5.42. The topological polar surface area (TPSA) is 83.5 Å². The summed E-state index contributed by atoms with van der Waals surface area (Å²) in [6, 6.07) is -0.736. The molecule has 0 aliphatic heterocycles. The van der Waals surface area contributed by atoms with Crippen LogP contribution in [0.25, 0.3) is 0 Å². The van der Waals surface area contributed by atoms with Gasteiger partial charge in [0, 0.05) is 0 Å². The van der Waals surface area contributed by atoms with Gasteiger partial charge < -0.3 is 15.9 Å². The highest BCUT2D eigenvalue weighted by molar-refractivity contribution is 5.73. The zero-order valence-electron chi connectivity index (χ0n) is 7.65. The molecule has 1 atom stereocenters. The monoisotopic (exact) mass is 187 g/mol. The molecule has 4 N–H and O–H groups in total. The maximum Gasteiger partial charge on any atom is 0.320 e. The van der Waals surface area contributed by atoms with Gasteiger partial charge in [-0.25, -0.2) is 0 Å². The molecule has 0 aromatic heterocycles. The van der Waals surface area contributed by atoms with Gasteiger partial charge in [-0.3, -0.25) is 4.79 Å². The first-order valence-corrected chi connectivity index (χ1v) is 4.76. The second-order valence-corrected chi connectivity index (χ2v) is 3.85. The number of aliphatic hydroxyl groups is 1. The van der Waals surface area contributed by atoms with E-state index in [-0.39, 0.29) is 6.10 Å². The van der Waals surface area contributed by atoms with E-state index in [4.69, 9.17) is 10.8 Å². The van der Waals surface area contributed by atoms with Crippen LogP contribution in [0, 0.1) is 5.92 Å². The maximum absolute atomic E-state index is 10.5. The number of aliphatic carboxylic acids is 1. The molecule has 76 valence electrons. The van der Waals surface area contributed by atoms with Crippen molar-refractivity contribution >= 4 is 5.97 Å². The molecule has 4 heteroatoms. The van der Waals surface area contributed by atoms with E-state index in [1.54, 1.807) is 0 Å². The quantitative estimate of drug-likeness (QED) is 0.595. The zero-order valence-corrected chi connectivity index (χ0v) is 7.65. The van der Waals surface area contributed by atoms with Crippen LogP contribution in [-0.2, 0) is 4.79 Å². The van der Waals surface area contributed by atoms with Crippen LogP contribution in [0.15, 0.2) is 0 Å². The van der Waals surface area contributed by atoms with Crippen molar-refractivity contribution in [2.45, 2.75) is 44.2 Å². The van der Waals surface area contributed by atoms with Gasteiger partial charge in [-0.05, 0) is 38.0 Å². The van der Waals surface area contributed by atoms with Crippen molar-refractivity contribution in [3.05, 3.63) is 0 Å². The molecule has 0 radical (unpaired) electrons. The second kappa shape index (κ2) is 4.58. The highest BCUT2D eigenvalue weighted by Crippen LogP contribution is 2.27. The molecule has 1 fully saturated rings. The summed E-state index contributed by atoms with van der Waals surface area (Å²) >= 11 is 0. The molecule has 1 aliphatic rings. The van der Waals surface area contributed by atoms with Gasteiger partial charge in [0.05, 0.1) is 6.10 Å². The Morgan fingerprint density at radius 3 is 2.38 bits per heavy atom. The fourth-order valence-corrected chi connectivity index (χ4v) is 1.84. The molecule has 0 bridgehead atoms. The Kier molecular flexibility index (Phi) is 3.69. The molecule has 0 spiro atoms. The average molecular weight is 187 g/mol. The number of carboxylic acid groups (broad SMARTS) is 1. The lowest BCUT2D eigenvalue weighted by Gasteiger charge is -2.26. The number of hydrogen-bond acceptors (Lipinski definition) is 3. The van der Waals surface area contributed by atoms with E-state index >= 15 is 0 Å². The van der Waals surface area contributed by atoms with Crippen molar-refractivity contribution in [3.63, 3.8) is 0 Å². The van der Waals surface area contributed by atoms with Gasteiger partial charge in [0.2, 0.25) is 0 Å². The molecule has 0 aromatic carbocycles. The SMILES string of the molecule is N[C@@H](CC1CCC(O)CC1)C(=O)O. The summed E-state index contributed by atoms with van der Waals surface area (Å²) in [5, 5.41) is 17.8. The van der Waals surface area contributed by atoms with Crippen LogP contribution in [-0.4, -0.2) is 28.3 Å². The van der Waals surface area contributed by atoms with Gasteiger partial charge >= 0.3 is 5.97 Å². The minimum absolute atomic E-state index is 0.183. The molecular formula is C9H17NO3. The van der Waals surface area contributed by atoms with Gasteiger partial charge in [-0.15, -0.1) is 0 Å². The third kappa shape index (κ3) is 3.32. The Morgan fingerprint density at radius 1 is 1.38 bits per heavy atom. The number of nitrogens with two attached hydrogens (primary N) is 1. The standard InChI is InChI=1S/C9H17NO3/c10-8(9(12)13)5-6-1-3-7(11)4-2-6/h6-8,11H,1-5,10H2,(H,12,13)/t6?,7?,8-/m0/s1. The van der Waals surface area contributed by atoms with Crippen LogP contribution >= 0.6 is 0 Å². The van der Waals surface area contributed by atoms with Crippen molar-refractivity contribution in [2.75, 3.05) is 0 Å². The fraction of sp³-hybridized carbons (Fsp3) is 0.889. The highest BCUT2D eigenvalue weighted by Gasteiger charge is 2.23. The Hall–Kier alpha value is -0.610. The summed E-state index contributed by atoms with van der Waals surface area (Å²) in [7, 11) is 0. The normalized spacial score (nSPS) is 31.2. The maximum atomic E-state index is 10.5. The van der Waals surface area contributed by atoms with E-state index in [1.165, 1.54) is 0 Å². The smallest absolute Gasteiger partial charge is 0.320 e. The predicted molar refractivity (Wildman–Crippen MR) is 48.2 cm³/mol. The van der Waals surface area contributed by atoms with E-state index in [0.717, 1.165) is 25.7 Å². The van der Waals surface area contributed by atoms with E-state index in [2.05, 4.69) is 0 Å². The number of rotatable bonds is 3. The third-order valence-electron chi connectivity index (χ3n) is 2.72. The van der Waals surface area contributed by atoms with Crippen molar-refractivity contribution in [2.24, 2.45) is 11.7 Å². The minimum Gasteiger partial charge on any atom is -0.480 e. The molecule has 1 rings (SSSR count). The van der Waals surface area contributed by atoms with Crippen molar-refractivity contribution in [1.29, 1.82) is 0 Å². The number of hydrogen-bond donors (Lipinski definition) is 3. The summed E-state index contributed by atoms with van der Waals surface area (Å²) in [4.78, 5) is 10.5. The van der Waals surface area contributed by atoms with Crippen LogP contribution in [0.3, 0.4) is 0 Å². The van der Waals surface area contributed by atoms with Crippen LogP contribution < -0.4 is 5.73 Å². The van der Waals surface area contributed by atoms with Crippen molar-refractivity contribution in [3.8, 4) is 0 Å². The first kappa shape index (κ1) is 10.5. The molecular weight excluding hydrogens is 170 g/mol. The zero-order chi connectivity index (χ0) is 9.84. The molecule has 4 nitrogen and oxygen atoms in total. The van der Waals surface area contributed by atoms with Crippen molar-refractivity contribution in [1.82, 2.24) is 0 Å². The molecule has 0 unspecified atom stereocenters. The molecule has 1 saturated carbocycles. The van der Waals surface area contributed by atoms with Crippen LogP contribution in [0.2, 0.25) is 0 Å². The highest BCUT2D eigenvalue weighted by atomic mass is 16.4. The molecule has 0 heterocycles. The van der Waals surface area contributed by atoms with E-state index in [9.17, 15) is 9.90 Å². The van der Waals surface area contributed by atoms with Gasteiger partial charge in [0.1, 0.15) is 6.04 Å². The van der Waals surface area contributed by atoms with Gasteiger partial charge in [-0.1, -0.05) is 0 Å². The van der Waals surface area contributed by atoms with Gasteiger partial charge in [0.15, 0.2) is 0 Å². The first-order valence-electron chi connectivity index (χ1n) is 4.76. The molecule has 0 amide bonds. The number of carbonyl (C=O) groups is 1. The predicted octanol–water partition coefficient (Wildman–Crippen LogP) is 0.339. The van der Waals surface area contributed by atoms with Crippen LogP contribution in [0.5, 0.6) is 0 Å². The minimum atomic E-state index is -0.925. The fourth-order valence-electron chi connectivity index (χ4n) is 1.84. The molecule has 1 aliphatic carbocycles. The lowest BCUT2D eigenvalue weighted by Crippen LogP contribution is -2.33. The molecule has 0 aromatic rings. The summed E-state index contributed by atoms with van der Waals surface area (Å²) in [6.45, 7) is 0. The lowest BCUT2D eigenvalue weighted by molar-refractivity contribution is -0.139. The Balaban J connectivity index is 2.26. The Morgan fingerprint density at radius 2 is 1.92 bits per heavy atom. The van der Waals surface area contributed by atoms with E-state index < -0.39 is 12.0 Å². The third-order valence-corrected chi connectivity index (χ3v) is 2.72. The average Bonchev–Trinajstić information content (AvgIpc) is 2.08. The largest absolute Gasteiger partial charge is 0.480 e. The molecule has 13 heavy (non-hydrogen) atoms. The van der Waals surface area contributed by atoms with Crippen LogP contribution in [0.4, 0.5) is 0 Å².